The van der Waals surface area contributed by atoms with Gasteiger partial charge >= 0.3 is 5.97 Å². The minimum Gasteiger partial charge on any atom is -0.496 e. The number of benzene rings is 2. The van der Waals surface area contributed by atoms with E-state index in [1.54, 1.807) is 0 Å². The van der Waals surface area contributed by atoms with E-state index in [2.05, 4.69) is 31.2 Å². The smallest absolute Gasteiger partial charge is 0.337 e. The van der Waals surface area contributed by atoms with Crippen molar-refractivity contribution in [3.05, 3.63) is 64.7 Å². The van der Waals surface area contributed by atoms with Gasteiger partial charge in [0.15, 0.2) is 0 Å². The van der Waals surface area contributed by atoms with Crippen LogP contribution >= 0.6 is 0 Å². The molecule has 3 nitrogen and oxygen atoms in total. The van der Waals surface area contributed by atoms with Crippen LogP contribution in [-0.2, 0) is 10.2 Å². The molecule has 0 spiro atoms. The quantitative estimate of drug-likeness (QED) is 0.412. The zero-order valence-corrected chi connectivity index (χ0v) is 18.8. The second-order valence-electron chi connectivity index (χ2n) is 10.1. The zero-order chi connectivity index (χ0) is 21.6. The summed E-state index contributed by atoms with van der Waals surface area (Å²) in [4.78, 5) is 11.7. The average Bonchev–Trinajstić information content (AvgIpc) is 2.77. The summed E-state index contributed by atoms with van der Waals surface area (Å²) < 4.78 is 10.7. The second kappa shape index (κ2) is 7.85. The average molecular weight is 417 g/mol. The maximum absolute atomic E-state index is 11.7. The van der Waals surface area contributed by atoms with Gasteiger partial charge in [-0.1, -0.05) is 24.3 Å². The Balaban J connectivity index is 1.47. The highest BCUT2D eigenvalue weighted by atomic mass is 16.5. The molecule has 0 N–H and O–H groups in total. The Kier molecular flexibility index (Phi) is 5.16. The summed E-state index contributed by atoms with van der Waals surface area (Å²) in [5.74, 6) is 3.47. The largest absolute Gasteiger partial charge is 0.496 e. The Morgan fingerprint density at radius 1 is 0.903 bits per heavy atom. The fraction of sp³-hybridized carbons (Fsp3) is 0.464. The van der Waals surface area contributed by atoms with Crippen molar-refractivity contribution in [2.45, 2.75) is 50.9 Å². The lowest BCUT2D eigenvalue weighted by Crippen LogP contribution is -2.48. The minimum absolute atomic E-state index is 0.303. The Morgan fingerprint density at radius 3 is 2.03 bits per heavy atom. The van der Waals surface area contributed by atoms with Crippen molar-refractivity contribution in [1.29, 1.82) is 0 Å². The number of carbonyl (C=O) groups excluding carboxylic acids is 1. The van der Waals surface area contributed by atoms with E-state index in [1.807, 2.05) is 31.4 Å². The van der Waals surface area contributed by atoms with Gasteiger partial charge in [-0.2, -0.15) is 0 Å². The molecular weight excluding hydrogens is 384 g/mol. The molecule has 3 heteroatoms. The highest BCUT2D eigenvalue weighted by Crippen LogP contribution is 2.62. The number of allylic oxidation sites excluding steroid dienone is 1. The van der Waals surface area contributed by atoms with Gasteiger partial charge in [0, 0.05) is 5.56 Å². The fourth-order valence-electron chi connectivity index (χ4n) is 6.97. The molecule has 6 rings (SSSR count). The molecule has 162 valence electrons. The summed E-state index contributed by atoms with van der Waals surface area (Å²) >= 11 is 0. The first-order valence-corrected chi connectivity index (χ1v) is 11.6. The Bertz CT molecular complexity index is 980. The molecule has 31 heavy (non-hydrogen) atoms. The topological polar surface area (TPSA) is 35.5 Å². The van der Waals surface area contributed by atoms with Crippen LogP contribution in [-0.4, -0.2) is 20.2 Å². The van der Waals surface area contributed by atoms with Crippen molar-refractivity contribution in [3.63, 3.8) is 0 Å². The van der Waals surface area contributed by atoms with E-state index in [0.29, 0.717) is 11.0 Å². The molecule has 0 unspecified atom stereocenters. The third-order valence-electron chi connectivity index (χ3n) is 7.98. The van der Waals surface area contributed by atoms with E-state index in [-0.39, 0.29) is 5.97 Å². The van der Waals surface area contributed by atoms with Crippen molar-refractivity contribution in [2.24, 2.45) is 17.8 Å². The van der Waals surface area contributed by atoms with Crippen LogP contribution in [0.5, 0.6) is 5.75 Å². The Labute approximate surface area is 185 Å². The first-order valence-electron chi connectivity index (χ1n) is 11.6. The number of ether oxygens (including phenoxy) is 2. The van der Waals surface area contributed by atoms with Crippen molar-refractivity contribution >= 4 is 17.6 Å². The molecule has 0 saturated heterocycles. The van der Waals surface area contributed by atoms with Crippen LogP contribution in [0.4, 0.5) is 0 Å². The first-order chi connectivity index (χ1) is 15.0. The SMILES string of the molecule is COC(=O)c1ccc(/C=C(/C)c2ccc(OC)c(C34CC5CC(CC(C5)C3)C4)c2)cc1. The lowest BCUT2D eigenvalue weighted by molar-refractivity contribution is -0.00616. The Hall–Kier alpha value is -2.55. The van der Waals surface area contributed by atoms with Crippen LogP contribution in [0.3, 0.4) is 0 Å². The molecule has 0 heterocycles. The summed E-state index contributed by atoms with van der Waals surface area (Å²) in [5, 5.41) is 0. The highest BCUT2D eigenvalue weighted by Gasteiger charge is 2.52. The molecule has 4 aliphatic rings. The predicted molar refractivity (Wildman–Crippen MR) is 124 cm³/mol. The third-order valence-corrected chi connectivity index (χ3v) is 7.98. The van der Waals surface area contributed by atoms with Gasteiger partial charge in [0.05, 0.1) is 19.8 Å². The van der Waals surface area contributed by atoms with E-state index in [4.69, 9.17) is 9.47 Å². The number of rotatable bonds is 5. The fourth-order valence-corrected chi connectivity index (χ4v) is 6.97. The molecule has 4 saturated carbocycles. The third kappa shape index (κ3) is 3.69. The normalized spacial score (nSPS) is 29.1. The highest BCUT2D eigenvalue weighted by molar-refractivity contribution is 5.90. The molecule has 0 aliphatic heterocycles. The number of methoxy groups -OCH3 is 2. The predicted octanol–water partition coefficient (Wildman–Crippen LogP) is 6.51. The van der Waals surface area contributed by atoms with E-state index >= 15 is 0 Å². The molecule has 4 fully saturated rings. The molecule has 0 radical (unpaired) electrons. The lowest BCUT2D eigenvalue weighted by Gasteiger charge is -2.57. The lowest BCUT2D eigenvalue weighted by atomic mass is 9.48. The minimum atomic E-state index is -0.303. The number of esters is 1. The molecule has 2 aromatic rings. The number of hydrogen-bond donors (Lipinski definition) is 0. The maximum Gasteiger partial charge on any atom is 0.337 e. The molecule has 0 amide bonds. The number of carbonyl (C=O) groups is 1. The van der Waals surface area contributed by atoms with Gasteiger partial charge in [-0.15, -0.1) is 0 Å². The molecule has 0 aromatic heterocycles. The zero-order valence-electron chi connectivity index (χ0n) is 18.8. The molecule has 2 aromatic carbocycles. The van der Waals surface area contributed by atoms with Crippen molar-refractivity contribution in [1.82, 2.24) is 0 Å². The van der Waals surface area contributed by atoms with Crippen LogP contribution in [0.2, 0.25) is 0 Å². The summed E-state index contributed by atoms with van der Waals surface area (Å²) in [7, 11) is 3.22. The standard InChI is InChI=1S/C28H32O3/c1-18(10-19-4-6-23(7-5-19)27(29)31-3)24-8-9-26(30-2)25(14-24)28-15-20-11-21(16-28)13-22(12-20)17-28/h4-10,14,20-22H,11-13,15-17H2,1-3H3/b18-10-. The number of hydrogen-bond acceptors (Lipinski definition) is 3. The van der Waals surface area contributed by atoms with Gasteiger partial charge in [0.2, 0.25) is 0 Å². The van der Waals surface area contributed by atoms with E-state index < -0.39 is 0 Å². The van der Waals surface area contributed by atoms with Gasteiger partial charge in [0.25, 0.3) is 0 Å². The van der Waals surface area contributed by atoms with Gasteiger partial charge in [-0.25, -0.2) is 4.79 Å². The summed E-state index contributed by atoms with van der Waals surface area (Å²) in [6, 6.07) is 14.3. The van der Waals surface area contributed by atoms with Gasteiger partial charge < -0.3 is 9.47 Å². The van der Waals surface area contributed by atoms with Crippen LogP contribution in [0.15, 0.2) is 42.5 Å². The van der Waals surface area contributed by atoms with Crippen LogP contribution in [0.25, 0.3) is 11.6 Å². The van der Waals surface area contributed by atoms with Gasteiger partial charge in [0.1, 0.15) is 5.75 Å². The van der Waals surface area contributed by atoms with E-state index in [1.165, 1.54) is 62.3 Å². The summed E-state index contributed by atoms with van der Waals surface area (Å²) in [5.41, 5.74) is 5.87. The second-order valence-corrected chi connectivity index (χ2v) is 10.1. The molecule has 0 atom stereocenters. The van der Waals surface area contributed by atoms with Crippen molar-refractivity contribution in [2.75, 3.05) is 14.2 Å². The van der Waals surface area contributed by atoms with Crippen LogP contribution < -0.4 is 4.74 Å². The van der Waals surface area contributed by atoms with Gasteiger partial charge in [-0.05, 0) is 110 Å². The maximum atomic E-state index is 11.7. The molecular formula is C28H32O3. The molecule has 4 aliphatic carbocycles. The van der Waals surface area contributed by atoms with Crippen molar-refractivity contribution < 1.29 is 14.3 Å². The monoisotopic (exact) mass is 416 g/mol. The van der Waals surface area contributed by atoms with E-state index in [9.17, 15) is 4.79 Å². The first kappa shape index (κ1) is 20.4. The van der Waals surface area contributed by atoms with Crippen LogP contribution in [0.1, 0.15) is 72.5 Å². The summed E-state index contributed by atoms with van der Waals surface area (Å²) in [6.07, 6.45) is 10.5. The van der Waals surface area contributed by atoms with Crippen molar-refractivity contribution in [3.8, 4) is 5.75 Å². The Morgan fingerprint density at radius 2 is 1.48 bits per heavy atom. The van der Waals surface area contributed by atoms with Crippen LogP contribution in [0, 0.1) is 17.8 Å². The van der Waals surface area contributed by atoms with E-state index in [0.717, 1.165) is 29.1 Å². The van der Waals surface area contributed by atoms with Gasteiger partial charge in [-0.3, -0.25) is 0 Å². The molecule has 4 bridgehead atoms. The summed E-state index contributed by atoms with van der Waals surface area (Å²) in [6.45, 7) is 2.17.